The molecule has 1 amide bonds. The van der Waals surface area contributed by atoms with Gasteiger partial charge in [0.25, 0.3) is 0 Å². The number of nitriles is 1. The van der Waals surface area contributed by atoms with Crippen LogP contribution in [0.1, 0.15) is 5.56 Å². The molecule has 1 aromatic heterocycles. The lowest BCUT2D eigenvalue weighted by molar-refractivity contribution is -0.113. The fraction of sp³-hybridized carbons (Fsp3) is 0.136. The second kappa shape index (κ2) is 10.4. The smallest absolute Gasteiger partial charge is 0.234 e. The van der Waals surface area contributed by atoms with Gasteiger partial charge in [-0.1, -0.05) is 35.0 Å². The summed E-state index contributed by atoms with van der Waals surface area (Å²) < 4.78 is 10.6. The normalized spacial score (nSPS) is 10.3. The SMILES string of the molecule is COc1ccc(-c2ccc(C#N)c(SCC(=O)Nc3cc(Cl)ccc3Cl)n2)cc1OC. The number of methoxy groups -OCH3 is 2. The molecular weight excluding hydrogens is 457 g/mol. The number of nitrogens with zero attached hydrogens (tertiary/aromatic N) is 2. The molecule has 0 unspecified atom stereocenters. The van der Waals surface area contributed by atoms with Crippen molar-refractivity contribution in [3.8, 4) is 28.8 Å². The second-order valence-electron chi connectivity index (χ2n) is 6.19. The van der Waals surface area contributed by atoms with Crippen molar-refractivity contribution in [2.24, 2.45) is 0 Å². The number of anilines is 1. The van der Waals surface area contributed by atoms with E-state index in [0.717, 1.165) is 17.3 Å². The first-order valence-electron chi connectivity index (χ1n) is 8.96. The molecule has 3 aromatic rings. The molecule has 0 saturated heterocycles. The molecule has 0 aliphatic rings. The molecule has 31 heavy (non-hydrogen) atoms. The van der Waals surface area contributed by atoms with Crippen molar-refractivity contribution in [2.45, 2.75) is 5.03 Å². The largest absolute Gasteiger partial charge is 0.493 e. The van der Waals surface area contributed by atoms with Crippen molar-refractivity contribution in [1.29, 1.82) is 5.26 Å². The fourth-order valence-electron chi connectivity index (χ4n) is 2.71. The van der Waals surface area contributed by atoms with E-state index < -0.39 is 0 Å². The van der Waals surface area contributed by atoms with E-state index in [1.54, 1.807) is 56.7 Å². The molecule has 0 atom stereocenters. The van der Waals surface area contributed by atoms with Crippen LogP contribution >= 0.6 is 35.0 Å². The Balaban J connectivity index is 1.79. The van der Waals surface area contributed by atoms with Gasteiger partial charge >= 0.3 is 0 Å². The predicted octanol–water partition coefficient (Wildman–Crippen LogP) is 5.68. The predicted molar refractivity (Wildman–Crippen MR) is 123 cm³/mol. The Kier molecular flexibility index (Phi) is 7.64. The molecule has 1 N–H and O–H groups in total. The molecule has 6 nitrogen and oxygen atoms in total. The molecule has 2 aromatic carbocycles. The van der Waals surface area contributed by atoms with Gasteiger partial charge in [-0.05, 0) is 48.5 Å². The summed E-state index contributed by atoms with van der Waals surface area (Å²) in [5.41, 5.74) is 2.23. The van der Waals surface area contributed by atoms with Gasteiger partial charge in [0.2, 0.25) is 5.91 Å². The summed E-state index contributed by atoms with van der Waals surface area (Å²) in [4.78, 5) is 17.0. The molecule has 0 radical (unpaired) electrons. The lowest BCUT2D eigenvalue weighted by atomic mass is 10.1. The maximum atomic E-state index is 12.4. The quantitative estimate of drug-likeness (QED) is 0.444. The zero-order chi connectivity index (χ0) is 22.4. The molecule has 3 rings (SSSR count). The van der Waals surface area contributed by atoms with Crippen LogP contribution in [0, 0.1) is 11.3 Å². The number of aromatic nitrogens is 1. The monoisotopic (exact) mass is 473 g/mol. The number of amides is 1. The lowest BCUT2D eigenvalue weighted by Crippen LogP contribution is -2.14. The highest BCUT2D eigenvalue weighted by Crippen LogP contribution is 2.33. The van der Waals surface area contributed by atoms with Gasteiger partial charge in [-0.15, -0.1) is 0 Å². The van der Waals surface area contributed by atoms with E-state index in [0.29, 0.717) is 43.5 Å². The highest BCUT2D eigenvalue weighted by molar-refractivity contribution is 8.00. The number of pyridine rings is 1. The van der Waals surface area contributed by atoms with Crippen LogP contribution in [0.5, 0.6) is 11.5 Å². The maximum absolute atomic E-state index is 12.4. The van der Waals surface area contributed by atoms with Crippen molar-refractivity contribution in [2.75, 3.05) is 25.3 Å². The second-order valence-corrected chi connectivity index (χ2v) is 8.00. The van der Waals surface area contributed by atoms with Crippen LogP contribution in [-0.4, -0.2) is 30.9 Å². The van der Waals surface area contributed by atoms with E-state index in [9.17, 15) is 10.1 Å². The first kappa shape index (κ1) is 22.8. The average molecular weight is 474 g/mol. The number of hydrogen-bond acceptors (Lipinski definition) is 6. The first-order chi connectivity index (χ1) is 14.9. The molecular formula is C22H17Cl2N3O3S. The Morgan fingerprint density at radius 2 is 1.87 bits per heavy atom. The summed E-state index contributed by atoms with van der Waals surface area (Å²) in [5.74, 6) is 0.917. The summed E-state index contributed by atoms with van der Waals surface area (Å²) in [5, 5.41) is 13.4. The van der Waals surface area contributed by atoms with Gasteiger partial charge < -0.3 is 14.8 Å². The Morgan fingerprint density at radius 3 is 2.58 bits per heavy atom. The van der Waals surface area contributed by atoms with Crippen molar-refractivity contribution >= 4 is 46.6 Å². The number of rotatable bonds is 7. The number of hydrogen-bond donors (Lipinski definition) is 1. The third kappa shape index (κ3) is 5.61. The van der Waals surface area contributed by atoms with E-state index in [-0.39, 0.29) is 11.7 Å². The molecule has 1 heterocycles. The van der Waals surface area contributed by atoms with Gasteiger partial charge in [0.1, 0.15) is 11.1 Å². The summed E-state index contributed by atoms with van der Waals surface area (Å²) >= 11 is 13.2. The minimum absolute atomic E-state index is 0.0416. The van der Waals surface area contributed by atoms with Crippen LogP contribution in [0.4, 0.5) is 5.69 Å². The Hall–Kier alpha value is -2.92. The molecule has 0 bridgehead atoms. The number of carbonyl (C=O) groups is 1. The van der Waals surface area contributed by atoms with Crippen molar-refractivity contribution < 1.29 is 14.3 Å². The number of benzene rings is 2. The van der Waals surface area contributed by atoms with Crippen molar-refractivity contribution in [3.63, 3.8) is 0 Å². The van der Waals surface area contributed by atoms with E-state index in [1.165, 1.54) is 0 Å². The number of thioether (sulfide) groups is 1. The zero-order valence-corrected chi connectivity index (χ0v) is 18.9. The van der Waals surface area contributed by atoms with E-state index in [2.05, 4.69) is 16.4 Å². The van der Waals surface area contributed by atoms with E-state index >= 15 is 0 Å². The Labute approximate surface area is 194 Å². The Morgan fingerprint density at radius 1 is 1.10 bits per heavy atom. The zero-order valence-electron chi connectivity index (χ0n) is 16.6. The molecule has 0 fully saturated rings. The summed E-state index contributed by atoms with van der Waals surface area (Å²) in [6, 6.07) is 15.8. The number of halogens is 2. The van der Waals surface area contributed by atoms with Gasteiger partial charge in [0.15, 0.2) is 11.5 Å². The van der Waals surface area contributed by atoms with Crippen molar-refractivity contribution in [3.05, 3.63) is 64.1 Å². The van der Waals surface area contributed by atoms with E-state index in [4.69, 9.17) is 32.7 Å². The van der Waals surface area contributed by atoms with Crippen LogP contribution < -0.4 is 14.8 Å². The van der Waals surface area contributed by atoms with Gasteiger partial charge in [0, 0.05) is 10.6 Å². The van der Waals surface area contributed by atoms with Crippen LogP contribution in [0.25, 0.3) is 11.3 Å². The minimum atomic E-state index is -0.295. The maximum Gasteiger partial charge on any atom is 0.234 e. The molecule has 158 valence electrons. The van der Waals surface area contributed by atoms with Gasteiger partial charge in [0.05, 0.1) is 41.9 Å². The molecule has 0 aliphatic heterocycles. The molecule has 0 saturated carbocycles. The topological polar surface area (TPSA) is 84.2 Å². The number of nitrogens with one attached hydrogen (secondary N) is 1. The number of ether oxygens (including phenoxy) is 2. The van der Waals surface area contributed by atoms with Crippen molar-refractivity contribution in [1.82, 2.24) is 4.98 Å². The van der Waals surface area contributed by atoms with Crippen LogP contribution in [0.15, 0.2) is 53.6 Å². The lowest BCUT2D eigenvalue weighted by Gasteiger charge is -2.11. The first-order valence-corrected chi connectivity index (χ1v) is 10.7. The highest BCUT2D eigenvalue weighted by Gasteiger charge is 2.13. The number of carbonyl (C=O) groups excluding carboxylic acids is 1. The highest BCUT2D eigenvalue weighted by atomic mass is 35.5. The van der Waals surface area contributed by atoms with Gasteiger partial charge in [-0.2, -0.15) is 5.26 Å². The third-order valence-electron chi connectivity index (χ3n) is 4.20. The Bertz CT molecular complexity index is 1170. The summed E-state index contributed by atoms with van der Waals surface area (Å²) in [7, 11) is 3.12. The minimum Gasteiger partial charge on any atom is -0.493 e. The summed E-state index contributed by atoms with van der Waals surface area (Å²) in [6.45, 7) is 0. The summed E-state index contributed by atoms with van der Waals surface area (Å²) in [6.07, 6.45) is 0. The van der Waals surface area contributed by atoms with E-state index in [1.807, 2.05) is 6.07 Å². The molecule has 0 aliphatic carbocycles. The molecule has 0 spiro atoms. The molecule has 9 heteroatoms. The standard InChI is InChI=1S/C22H17Cl2N3O3S/c1-29-19-8-4-13(9-20(19)30-2)17-7-3-14(11-25)22(27-17)31-12-21(28)26-18-10-15(23)5-6-16(18)24/h3-10H,12H2,1-2H3,(H,26,28). The third-order valence-corrected chi connectivity index (χ3v) is 5.76. The van der Waals surface area contributed by atoms with Gasteiger partial charge in [-0.25, -0.2) is 4.98 Å². The van der Waals surface area contributed by atoms with Crippen LogP contribution in [0.2, 0.25) is 10.0 Å². The fourth-order valence-corrected chi connectivity index (χ4v) is 3.81. The average Bonchev–Trinajstić information content (AvgIpc) is 2.79. The van der Waals surface area contributed by atoms with Gasteiger partial charge in [-0.3, -0.25) is 4.79 Å². The van der Waals surface area contributed by atoms with Crippen LogP contribution in [-0.2, 0) is 4.79 Å². The van der Waals surface area contributed by atoms with Crippen LogP contribution in [0.3, 0.4) is 0 Å².